The Kier molecular flexibility index (Phi) is 4.20. The van der Waals surface area contributed by atoms with Gasteiger partial charge in [-0.1, -0.05) is 18.2 Å². The van der Waals surface area contributed by atoms with E-state index < -0.39 is 18.3 Å². The summed E-state index contributed by atoms with van der Waals surface area (Å²) in [6.45, 7) is 10.3. The normalized spacial score (nSPS) is 20.9. The van der Waals surface area contributed by atoms with Crippen molar-refractivity contribution >= 4 is 13.2 Å². The molecule has 21 heavy (non-hydrogen) atoms. The molecule has 0 unspecified atom stereocenters. The molecule has 114 valence electrons. The number of phenols is 1. The van der Waals surface area contributed by atoms with Crippen LogP contribution < -0.4 is 5.73 Å². The molecule has 1 saturated heterocycles. The standard InChI is InChI=1S/C16H24BNO3/c1-11-6-7-12(14(19)8-11)9-13(10-18)17-20-15(2,3)16(4,5)21-17/h6-9,19H,10,18H2,1-5H3. The maximum absolute atomic E-state index is 10.0. The molecule has 5 heteroatoms. The molecule has 0 aromatic heterocycles. The average Bonchev–Trinajstić information content (AvgIpc) is 2.57. The number of hydrogen-bond acceptors (Lipinski definition) is 4. The van der Waals surface area contributed by atoms with Gasteiger partial charge < -0.3 is 20.1 Å². The van der Waals surface area contributed by atoms with Crippen molar-refractivity contribution in [3.05, 3.63) is 34.8 Å². The Bertz CT molecular complexity index is 551. The molecule has 1 aromatic rings. The third-order valence-corrected chi connectivity index (χ3v) is 4.32. The molecule has 1 aliphatic rings. The number of aryl methyl sites for hydroxylation is 1. The van der Waals surface area contributed by atoms with Gasteiger partial charge in [0, 0.05) is 12.1 Å². The van der Waals surface area contributed by atoms with Crippen LogP contribution in [0.4, 0.5) is 0 Å². The highest BCUT2D eigenvalue weighted by molar-refractivity contribution is 6.55. The summed E-state index contributed by atoms with van der Waals surface area (Å²) in [4.78, 5) is 0. The third-order valence-electron chi connectivity index (χ3n) is 4.32. The number of aromatic hydroxyl groups is 1. The van der Waals surface area contributed by atoms with Crippen molar-refractivity contribution in [3.63, 3.8) is 0 Å². The van der Waals surface area contributed by atoms with Crippen LogP contribution in [0.2, 0.25) is 0 Å². The predicted molar refractivity (Wildman–Crippen MR) is 86.0 cm³/mol. The number of benzene rings is 1. The summed E-state index contributed by atoms with van der Waals surface area (Å²) in [5.74, 6) is 0.234. The highest BCUT2D eigenvalue weighted by Gasteiger charge is 2.52. The Hall–Kier alpha value is -1.30. The van der Waals surface area contributed by atoms with Crippen LogP contribution >= 0.6 is 0 Å². The monoisotopic (exact) mass is 289 g/mol. The van der Waals surface area contributed by atoms with Crippen molar-refractivity contribution in [1.29, 1.82) is 0 Å². The molecule has 1 heterocycles. The Labute approximate surface area is 127 Å². The topological polar surface area (TPSA) is 64.7 Å². The highest BCUT2D eigenvalue weighted by atomic mass is 16.7. The maximum atomic E-state index is 10.0. The summed E-state index contributed by atoms with van der Waals surface area (Å²) in [5, 5.41) is 10.0. The lowest BCUT2D eigenvalue weighted by atomic mass is 9.77. The Morgan fingerprint density at radius 1 is 1.24 bits per heavy atom. The first-order valence-corrected chi connectivity index (χ1v) is 7.22. The van der Waals surface area contributed by atoms with Crippen molar-refractivity contribution in [3.8, 4) is 5.75 Å². The van der Waals surface area contributed by atoms with Gasteiger partial charge in [0.15, 0.2) is 0 Å². The van der Waals surface area contributed by atoms with Crippen LogP contribution in [0.25, 0.3) is 6.08 Å². The minimum atomic E-state index is -0.485. The first-order valence-electron chi connectivity index (χ1n) is 7.22. The van der Waals surface area contributed by atoms with Crippen molar-refractivity contribution in [2.45, 2.75) is 45.8 Å². The second-order valence-electron chi connectivity index (χ2n) is 6.57. The Morgan fingerprint density at radius 3 is 2.29 bits per heavy atom. The highest BCUT2D eigenvalue weighted by Crippen LogP contribution is 2.38. The molecule has 0 radical (unpaired) electrons. The Balaban J connectivity index is 2.31. The van der Waals surface area contributed by atoms with Crippen LogP contribution in [-0.4, -0.2) is 30.0 Å². The van der Waals surface area contributed by atoms with Gasteiger partial charge in [0.05, 0.1) is 11.2 Å². The van der Waals surface area contributed by atoms with Crippen molar-refractivity contribution < 1.29 is 14.4 Å². The van der Waals surface area contributed by atoms with Crippen molar-refractivity contribution in [2.24, 2.45) is 5.73 Å². The van der Waals surface area contributed by atoms with Gasteiger partial charge in [0.25, 0.3) is 0 Å². The zero-order valence-electron chi connectivity index (χ0n) is 13.4. The molecule has 0 spiro atoms. The summed E-state index contributed by atoms with van der Waals surface area (Å²) >= 11 is 0. The first-order chi connectivity index (χ1) is 9.66. The smallest absolute Gasteiger partial charge is 0.491 e. The SMILES string of the molecule is Cc1ccc(C=C(CN)B2OC(C)(C)C(C)(C)O2)c(O)c1. The molecular weight excluding hydrogens is 265 g/mol. The van der Waals surface area contributed by atoms with Gasteiger partial charge in [0.1, 0.15) is 5.75 Å². The summed E-state index contributed by atoms with van der Waals surface area (Å²) in [7, 11) is -0.485. The summed E-state index contributed by atoms with van der Waals surface area (Å²) in [6.07, 6.45) is 1.84. The second-order valence-corrected chi connectivity index (χ2v) is 6.57. The van der Waals surface area contributed by atoms with Crippen molar-refractivity contribution in [2.75, 3.05) is 6.54 Å². The lowest BCUT2D eigenvalue weighted by molar-refractivity contribution is 0.00578. The van der Waals surface area contributed by atoms with Crippen LogP contribution in [0.15, 0.2) is 23.7 Å². The molecule has 1 aliphatic heterocycles. The molecule has 0 atom stereocenters. The molecular formula is C16H24BNO3. The van der Waals surface area contributed by atoms with Gasteiger partial charge in [-0.05, 0) is 51.7 Å². The fraction of sp³-hybridized carbons (Fsp3) is 0.500. The molecule has 1 aromatic carbocycles. The molecule has 1 fully saturated rings. The van der Waals surface area contributed by atoms with E-state index in [1.165, 1.54) is 0 Å². The van der Waals surface area contributed by atoms with E-state index in [9.17, 15) is 5.11 Å². The van der Waals surface area contributed by atoms with E-state index in [2.05, 4.69) is 0 Å². The van der Waals surface area contributed by atoms with Gasteiger partial charge in [-0.3, -0.25) is 0 Å². The van der Waals surface area contributed by atoms with Gasteiger partial charge in [-0.25, -0.2) is 0 Å². The van der Waals surface area contributed by atoms with Crippen molar-refractivity contribution in [1.82, 2.24) is 0 Å². The van der Waals surface area contributed by atoms with E-state index in [1.54, 1.807) is 6.07 Å². The fourth-order valence-corrected chi connectivity index (χ4v) is 2.19. The molecule has 4 nitrogen and oxygen atoms in total. The molecule has 0 amide bonds. The zero-order chi connectivity index (χ0) is 15.8. The van der Waals surface area contributed by atoms with Gasteiger partial charge >= 0.3 is 7.12 Å². The maximum Gasteiger partial charge on any atom is 0.491 e. The van der Waals surface area contributed by atoms with Crippen LogP contribution in [0.1, 0.15) is 38.8 Å². The number of nitrogens with two attached hydrogens (primary N) is 1. The van der Waals surface area contributed by atoms with Gasteiger partial charge in [-0.2, -0.15) is 0 Å². The molecule has 3 N–H and O–H groups in total. The van der Waals surface area contributed by atoms with Crippen LogP contribution in [0.3, 0.4) is 0 Å². The minimum Gasteiger partial charge on any atom is -0.507 e. The van der Waals surface area contributed by atoms with E-state index in [-0.39, 0.29) is 5.75 Å². The van der Waals surface area contributed by atoms with E-state index in [0.29, 0.717) is 6.54 Å². The second kappa shape index (κ2) is 5.48. The van der Waals surface area contributed by atoms with E-state index >= 15 is 0 Å². The predicted octanol–water partition coefficient (Wildman–Crippen LogP) is 2.67. The van der Waals surface area contributed by atoms with E-state index in [4.69, 9.17) is 15.0 Å². The van der Waals surface area contributed by atoms with Crippen LogP contribution in [-0.2, 0) is 9.31 Å². The average molecular weight is 289 g/mol. The quantitative estimate of drug-likeness (QED) is 0.840. The zero-order valence-corrected chi connectivity index (χ0v) is 13.4. The summed E-state index contributed by atoms with van der Waals surface area (Å²) < 4.78 is 12.0. The number of hydrogen-bond donors (Lipinski definition) is 2. The molecule has 2 rings (SSSR count). The number of phenolic OH excluding ortho intramolecular Hbond substituents is 1. The molecule has 0 aliphatic carbocycles. The Morgan fingerprint density at radius 2 is 1.81 bits per heavy atom. The minimum absolute atomic E-state index is 0.234. The summed E-state index contributed by atoms with van der Waals surface area (Å²) in [5.41, 5.74) is 7.58. The van der Waals surface area contributed by atoms with Crippen LogP contribution in [0, 0.1) is 6.92 Å². The van der Waals surface area contributed by atoms with Crippen LogP contribution in [0.5, 0.6) is 5.75 Å². The first kappa shape index (κ1) is 16.1. The number of rotatable bonds is 3. The van der Waals surface area contributed by atoms with E-state index in [0.717, 1.165) is 16.6 Å². The largest absolute Gasteiger partial charge is 0.507 e. The van der Waals surface area contributed by atoms with Gasteiger partial charge in [0.2, 0.25) is 0 Å². The fourth-order valence-electron chi connectivity index (χ4n) is 2.19. The van der Waals surface area contributed by atoms with Gasteiger partial charge in [-0.15, -0.1) is 0 Å². The van der Waals surface area contributed by atoms with E-state index in [1.807, 2.05) is 52.8 Å². The third kappa shape index (κ3) is 3.15. The lowest BCUT2D eigenvalue weighted by Gasteiger charge is -2.32. The summed E-state index contributed by atoms with van der Waals surface area (Å²) in [6, 6.07) is 5.54. The molecule has 0 bridgehead atoms. The molecule has 0 saturated carbocycles. The lowest BCUT2D eigenvalue weighted by Crippen LogP contribution is -2.41.